The van der Waals surface area contributed by atoms with Gasteiger partial charge in [-0.2, -0.15) is 5.26 Å². The lowest BCUT2D eigenvalue weighted by Crippen LogP contribution is -2.41. The lowest BCUT2D eigenvalue weighted by molar-refractivity contribution is -0.117. The second-order valence-electron chi connectivity index (χ2n) is 7.47. The molecule has 1 saturated heterocycles. The third-order valence-electron chi connectivity index (χ3n) is 5.58. The van der Waals surface area contributed by atoms with Crippen LogP contribution >= 0.6 is 0 Å². The molecule has 0 aliphatic carbocycles. The van der Waals surface area contributed by atoms with Crippen LogP contribution in [0.4, 0.5) is 11.5 Å². The second kappa shape index (κ2) is 8.41. The molecule has 2 aromatic rings. The van der Waals surface area contributed by atoms with Gasteiger partial charge in [-0.1, -0.05) is 12.1 Å². The molecule has 8 heteroatoms. The summed E-state index contributed by atoms with van der Waals surface area (Å²) in [5.41, 5.74) is 1.99. The van der Waals surface area contributed by atoms with E-state index in [1.807, 2.05) is 24.3 Å². The summed E-state index contributed by atoms with van der Waals surface area (Å²) in [6.45, 7) is 1.65. The van der Waals surface area contributed by atoms with Crippen LogP contribution in [0.15, 0.2) is 36.5 Å². The van der Waals surface area contributed by atoms with E-state index in [1.165, 1.54) is 0 Å². The number of nitriles is 1. The zero-order valence-corrected chi connectivity index (χ0v) is 16.8. The summed E-state index contributed by atoms with van der Waals surface area (Å²) < 4.78 is 5.19. The number of nitrogens with zero attached hydrogens (tertiary/aromatic N) is 4. The molecule has 2 aliphatic heterocycles. The molecule has 0 atom stereocenters. The Labute approximate surface area is 175 Å². The molecule has 2 aliphatic rings. The zero-order valence-electron chi connectivity index (χ0n) is 16.8. The van der Waals surface area contributed by atoms with E-state index >= 15 is 0 Å². The van der Waals surface area contributed by atoms with Crippen molar-refractivity contribution in [1.29, 1.82) is 5.26 Å². The van der Waals surface area contributed by atoms with Gasteiger partial charge in [0.05, 0.1) is 37.5 Å². The molecule has 2 amide bonds. The average Bonchev–Trinajstić information content (AvgIpc) is 2.80. The number of hydrogen-bond acceptors (Lipinski definition) is 6. The van der Waals surface area contributed by atoms with Crippen LogP contribution in [-0.4, -0.2) is 48.4 Å². The number of rotatable bonds is 4. The second-order valence-corrected chi connectivity index (χ2v) is 7.47. The molecular weight excluding hydrogens is 382 g/mol. The first-order valence-corrected chi connectivity index (χ1v) is 9.95. The number of carbonyl (C=O) groups excluding carboxylic acids is 2. The van der Waals surface area contributed by atoms with Gasteiger partial charge in [-0.15, -0.1) is 0 Å². The largest absolute Gasteiger partial charge is 0.497 e. The number of methoxy groups -OCH3 is 1. The topological polar surface area (TPSA) is 98.6 Å². The number of hydrogen-bond donors (Lipinski definition) is 1. The summed E-state index contributed by atoms with van der Waals surface area (Å²) in [6.07, 6.45) is 2.92. The Kier molecular flexibility index (Phi) is 5.53. The van der Waals surface area contributed by atoms with Crippen molar-refractivity contribution in [3.05, 3.63) is 47.7 Å². The van der Waals surface area contributed by atoms with E-state index in [0.717, 1.165) is 11.3 Å². The van der Waals surface area contributed by atoms with Gasteiger partial charge in [0.25, 0.3) is 5.91 Å². The molecule has 1 aromatic heterocycles. The van der Waals surface area contributed by atoms with Crippen LogP contribution in [0.5, 0.6) is 5.75 Å². The highest BCUT2D eigenvalue weighted by atomic mass is 16.5. The number of amides is 2. The van der Waals surface area contributed by atoms with Crippen molar-refractivity contribution in [2.24, 2.45) is 5.92 Å². The summed E-state index contributed by atoms with van der Waals surface area (Å²) in [6, 6.07) is 11.5. The fourth-order valence-corrected chi connectivity index (χ4v) is 3.78. The number of pyridine rings is 1. The van der Waals surface area contributed by atoms with Gasteiger partial charge in [0, 0.05) is 25.2 Å². The lowest BCUT2D eigenvalue weighted by Gasteiger charge is -2.31. The van der Waals surface area contributed by atoms with Crippen LogP contribution in [0.1, 0.15) is 28.8 Å². The van der Waals surface area contributed by atoms with Crippen molar-refractivity contribution in [1.82, 2.24) is 9.88 Å². The number of aromatic nitrogens is 1. The Hall–Kier alpha value is -3.60. The van der Waals surface area contributed by atoms with Crippen LogP contribution < -0.4 is 15.0 Å². The number of likely N-dealkylation sites (tertiary alicyclic amines) is 1. The molecule has 8 nitrogen and oxygen atoms in total. The van der Waals surface area contributed by atoms with Crippen molar-refractivity contribution in [2.45, 2.75) is 19.4 Å². The number of piperidine rings is 1. The summed E-state index contributed by atoms with van der Waals surface area (Å²) in [5, 5.41) is 12.1. The number of benzene rings is 1. The van der Waals surface area contributed by atoms with Gasteiger partial charge in [-0.05, 0) is 36.6 Å². The minimum absolute atomic E-state index is 0.0116. The molecule has 154 valence electrons. The minimum atomic E-state index is -0.121. The standard InChI is InChI=1S/C22H23N5O3/c1-30-18-4-2-16(3-5-18)14-27-19-10-17(12-24-21(19)25-13-20(27)28)22(29)26-8-6-15(11-23)7-9-26/h2-5,10,12,15H,6-9,13-14H2,1H3,(H,24,25). The molecule has 0 radical (unpaired) electrons. The Balaban J connectivity index is 1.56. The van der Waals surface area contributed by atoms with E-state index in [-0.39, 0.29) is 24.3 Å². The maximum Gasteiger partial charge on any atom is 0.255 e. The van der Waals surface area contributed by atoms with E-state index in [1.54, 1.807) is 29.2 Å². The number of anilines is 2. The number of ether oxygens (including phenoxy) is 1. The molecule has 1 N–H and O–H groups in total. The highest BCUT2D eigenvalue weighted by molar-refractivity contribution is 6.04. The summed E-state index contributed by atoms with van der Waals surface area (Å²) in [5.74, 6) is 1.14. The molecule has 1 aromatic carbocycles. The quantitative estimate of drug-likeness (QED) is 0.839. The molecule has 0 spiro atoms. The van der Waals surface area contributed by atoms with E-state index in [2.05, 4.69) is 16.4 Å². The van der Waals surface area contributed by atoms with E-state index in [9.17, 15) is 9.59 Å². The maximum atomic E-state index is 13.0. The van der Waals surface area contributed by atoms with Crippen LogP contribution in [0.25, 0.3) is 0 Å². The van der Waals surface area contributed by atoms with Gasteiger partial charge in [0.2, 0.25) is 5.91 Å². The third-order valence-corrected chi connectivity index (χ3v) is 5.58. The monoisotopic (exact) mass is 405 g/mol. The van der Waals surface area contributed by atoms with Gasteiger partial charge >= 0.3 is 0 Å². The fraction of sp³-hybridized carbons (Fsp3) is 0.364. The van der Waals surface area contributed by atoms with Crippen LogP contribution in [0.3, 0.4) is 0 Å². The Bertz CT molecular complexity index is 991. The predicted octanol–water partition coefficient (Wildman–Crippen LogP) is 2.42. The SMILES string of the molecule is COc1ccc(CN2C(=O)CNc3ncc(C(=O)N4CCC(C#N)CC4)cc32)cc1. The molecular formula is C22H23N5O3. The molecule has 4 rings (SSSR count). The summed E-state index contributed by atoms with van der Waals surface area (Å²) >= 11 is 0. The van der Waals surface area contributed by atoms with Crippen molar-refractivity contribution in [2.75, 3.05) is 37.0 Å². The van der Waals surface area contributed by atoms with Crippen LogP contribution in [0.2, 0.25) is 0 Å². The van der Waals surface area contributed by atoms with Crippen molar-refractivity contribution >= 4 is 23.3 Å². The number of fused-ring (bicyclic) bond motifs is 1. The van der Waals surface area contributed by atoms with Gasteiger partial charge < -0.3 is 19.9 Å². The zero-order chi connectivity index (χ0) is 21.1. The first kappa shape index (κ1) is 19.7. The molecule has 0 bridgehead atoms. The molecule has 1 fully saturated rings. The van der Waals surface area contributed by atoms with E-state index in [0.29, 0.717) is 49.5 Å². The van der Waals surface area contributed by atoms with Crippen LogP contribution in [-0.2, 0) is 11.3 Å². The van der Waals surface area contributed by atoms with Gasteiger partial charge in [0.15, 0.2) is 5.82 Å². The highest BCUT2D eigenvalue weighted by Gasteiger charge is 2.28. The van der Waals surface area contributed by atoms with E-state index < -0.39 is 0 Å². The summed E-state index contributed by atoms with van der Waals surface area (Å²) in [4.78, 5) is 33.4. The minimum Gasteiger partial charge on any atom is -0.497 e. The first-order chi connectivity index (χ1) is 14.6. The third kappa shape index (κ3) is 3.92. The number of carbonyl (C=O) groups is 2. The van der Waals surface area contributed by atoms with E-state index in [4.69, 9.17) is 10.00 Å². The average molecular weight is 405 g/mol. The molecule has 0 saturated carbocycles. The molecule has 30 heavy (non-hydrogen) atoms. The molecule has 3 heterocycles. The lowest BCUT2D eigenvalue weighted by atomic mass is 9.98. The smallest absolute Gasteiger partial charge is 0.255 e. The normalized spacial score (nSPS) is 16.5. The Morgan fingerprint density at radius 3 is 2.70 bits per heavy atom. The Morgan fingerprint density at radius 1 is 1.30 bits per heavy atom. The van der Waals surface area contributed by atoms with Gasteiger partial charge in [0.1, 0.15) is 5.75 Å². The van der Waals surface area contributed by atoms with Crippen molar-refractivity contribution in [3.63, 3.8) is 0 Å². The van der Waals surface area contributed by atoms with Gasteiger partial charge in [-0.25, -0.2) is 4.98 Å². The van der Waals surface area contributed by atoms with Crippen LogP contribution in [0, 0.1) is 17.2 Å². The first-order valence-electron chi connectivity index (χ1n) is 9.95. The maximum absolute atomic E-state index is 13.0. The molecule has 0 unspecified atom stereocenters. The van der Waals surface area contributed by atoms with Crippen molar-refractivity contribution < 1.29 is 14.3 Å². The highest BCUT2D eigenvalue weighted by Crippen LogP contribution is 2.31. The Morgan fingerprint density at radius 2 is 2.03 bits per heavy atom. The van der Waals surface area contributed by atoms with Crippen molar-refractivity contribution in [3.8, 4) is 11.8 Å². The van der Waals surface area contributed by atoms with Gasteiger partial charge in [-0.3, -0.25) is 9.59 Å². The fourth-order valence-electron chi connectivity index (χ4n) is 3.78. The number of nitrogens with one attached hydrogen (secondary N) is 1. The summed E-state index contributed by atoms with van der Waals surface area (Å²) in [7, 11) is 1.61. The predicted molar refractivity (Wildman–Crippen MR) is 111 cm³/mol.